The van der Waals surface area contributed by atoms with Crippen molar-refractivity contribution < 1.29 is 48.0 Å². The van der Waals surface area contributed by atoms with Crippen molar-refractivity contribution in [3.63, 3.8) is 0 Å². The number of ether oxygens (including phenoxy) is 5. The van der Waals surface area contributed by atoms with Gasteiger partial charge in [-0.05, 0) is 60.2 Å². The topological polar surface area (TPSA) is 147 Å². The van der Waals surface area contributed by atoms with E-state index in [2.05, 4.69) is 0 Å². The van der Waals surface area contributed by atoms with Gasteiger partial charge in [0.15, 0.2) is 5.60 Å². The second-order valence-electron chi connectivity index (χ2n) is 17.5. The van der Waals surface area contributed by atoms with Gasteiger partial charge in [0.05, 0.1) is 18.1 Å². The molecule has 58 heavy (non-hydrogen) atoms. The van der Waals surface area contributed by atoms with Crippen molar-refractivity contribution in [3.8, 4) is 0 Å². The maximum atomic E-state index is 15.4. The fourth-order valence-electron chi connectivity index (χ4n) is 11.0. The van der Waals surface area contributed by atoms with Gasteiger partial charge in [-0.3, -0.25) is 9.59 Å². The highest BCUT2D eigenvalue weighted by atomic mass is 16.6. The predicted octanol–water partition coefficient (Wildman–Crippen LogP) is 6.77. The van der Waals surface area contributed by atoms with Gasteiger partial charge < -0.3 is 28.8 Å². The lowest BCUT2D eigenvalue weighted by atomic mass is 9.42. The molecule has 11 nitrogen and oxygen atoms in total. The van der Waals surface area contributed by atoms with Crippen LogP contribution in [0, 0.1) is 28.6 Å². The number of carbonyl (C=O) groups is 4. The van der Waals surface area contributed by atoms with Crippen molar-refractivity contribution in [3.05, 3.63) is 119 Å². The van der Waals surface area contributed by atoms with E-state index in [4.69, 9.17) is 28.7 Å². The van der Waals surface area contributed by atoms with Crippen LogP contribution in [0.2, 0.25) is 0 Å². The van der Waals surface area contributed by atoms with E-state index in [1.165, 1.54) is 6.92 Å². The Morgan fingerprint density at radius 1 is 0.879 bits per heavy atom. The Labute approximate surface area is 338 Å². The predicted molar refractivity (Wildman–Crippen MR) is 212 cm³/mol. The molecule has 8 rings (SSSR count). The van der Waals surface area contributed by atoms with Crippen molar-refractivity contribution in [1.82, 2.24) is 0 Å². The summed E-state index contributed by atoms with van der Waals surface area (Å²) in [5, 5.41) is 13.7. The number of aliphatic hydroxyl groups is 1. The molecule has 2 bridgehead atoms. The number of carbonyl (C=O) groups excluding carboxylic acids is 4. The van der Waals surface area contributed by atoms with Gasteiger partial charge in [-0.2, -0.15) is 0 Å². The van der Waals surface area contributed by atoms with Gasteiger partial charge in [0.1, 0.15) is 35.7 Å². The summed E-state index contributed by atoms with van der Waals surface area (Å²) in [6.07, 6.45) is -4.08. The molecule has 304 valence electrons. The quantitative estimate of drug-likeness (QED) is 0.155. The van der Waals surface area contributed by atoms with E-state index in [1.807, 2.05) is 102 Å². The molecule has 3 aliphatic carbocycles. The summed E-state index contributed by atoms with van der Waals surface area (Å²) in [7, 11) is 0. The molecule has 11 heteroatoms. The van der Waals surface area contributed by atoms with Crippen molar-refractivity contribution in [2.75, 3.05) is 6.61 Å². The molecular formula is C47H51NO10. The van der Waals surface area contributed by atoms with Gasteiger partial charge in [-0.25, -0.2) is 14.6 Å². The minimum atomic E-state index is -1.98. The van der Waals surface area contributed by atoms with Crippen LogP contribution in [0.5, 0.6) is 0 Å². The van der Waals surface area contributed by atoms with Crippen molar-refractivity contribution in [2.45, 2.75) is 103 Å². The van der Waals surface area contributed by atoms with Crippen LogP contribution < -0.4 is 0 Å². The third-order valence-electron chi connectivity index (χ3n) is 14.1. The van der Waals surface area contributed by atoms with E-state index >= 15 is 4.79 Å². The summed E-state index contributed by atoms with van der Waals surface area (Å²) in [5.74, 6) is -4.01. The highest BCUT2D eigenvalue weighted by molar-refractivity contribution is 5.98. The largest absolute Gasteiger partial charge is 0.459 e. The van der Waals surface area contributed by atoms with Crippen LogP contribution >= 0.6 is 0 Å². The second-order valence-corrected chi connectivity index (χ2v) is 17.5. The smallest absolute Gasteiger partial charge is 0.350 e. The molecule has 0 aromatic heterocycles. The maximum Gasteiger partial charge on any atom is 0.350 e. The fraction of sp³-hybridized carbons (Fsp3) is 0.468. The molecule has 1 unspecified atom stereocenters. The van der Waals surface area contributed by atoms with Crippen LogP contribution in [-0.4, -0.2) is 76.9 Å². The minimum absolute atomic E-state index is 0.0500. The number of ketones is 1. The maximum absolute atomic E-state index is 15.4. The molecule has 1 saturated heterocycles. The van der Waals surface area contributed by atoms with Crippen LogP contribution in [0.3, 0.4) is 0 Å². The van der Waals surface area contributed by atoms with Crippen LogP contribution in [0.15, 0.2) is 107 Å². The molecule has 3 aromatic carbocycles. The SMILES string of the molecule is CC(=O)O[C@@]12CO[C@@H]1C[C@H](C)[C@@]1(C)C(=O)[C@H](C)C3=C(C)C(OC(=O)[C@@H]4OC(c5ccccc5)=N[C@@H]4c4ccccc4)C[C@@](O)([C@@H](OC(=O)c4ccccc4)[C@H]21)C3(C)C. The summed E-state index contributed by atoms with van der Waals surface area (Å²) < 4.78 is 31.7. The van der Waals surface area contributed by atoms with E-state index in [-0.39, 0.29) is 30.3 Å². The van der Waals surface area contributed by atoms with Gasteiger partial charge in [0.25, 0.3) is 0 Å². The number of hydrogen-bond donors (Lipinski definition) is 1. The van der Waals surface area contributed by atoms with Crippen molar-refractivity contribution in [1.29, 1.82) is 0 Å². The first kappa shape index (κ1) is 39.7. The zero-order valence-corrected chi connectivity index (χ0v) is 34.0. The molecule has 0 radical (unpaired) electrons. The molecule has 0 spiro atoms. The number of fused-ring (bicyclic) bond motifs is 5. The standard InChI is InChI=1S/C47H51NO10/c1-26-23-34-46(25-54-34,58-29(4)49)38-40(57-42(51)32-21-15-10-16-22-32)47(53)24-33(27(2)35(44(47,5)6)28(3)39(50)45(26,38)7)55-43(52)37-36(30-17-11-8-12-18-30)48-41(56-37)31-19-13-9-14-20-31/h8-22,26,28,33-34,36-38,40,53H,23-25H2,1-7H3/t26-,28+,33?,34+,36+,37+,38-,40-,45+,46-,47+/m0/s1. The minimum Gasteiger partial charge on any atom is -0.459 e. The van der Waals surface area contributed by atoms with E-state index in [0.717, 1.165) is 5.56 Å². The van der Waals surface area contributed by atoms with Crippen molar-refractivity contribution >= 4 is 29.6 Å². The van der Waals surface area contributed by atoms with Gasteiger partial charge in [-0.15, -0.1) is 0 Å². The Hall–Kier alpha value is -5.13. The molecule has 5 aliphatic rings. The summed E-state index contributed by atoms with van der Waals surface area (Å²) in [6, 6.07) is 26.4. The number of benzene rings is 3. The normalized spacial score (nSPS) is 36.1. The summed E-state index contributed by atoms with van der Waals surface area (Å²) >= 11 is 0. The van der Waals surface area contributed by atoms with E-state index in [1.54, 1.807) is 30.3 Å². The number of aliphatic imine (C=N–C) groups is 1. The molecule has 2 saturated carbocycles. The zero-order chi connectivity index (χ0) is 41.4. The Bertz CT molecular complexity index is 2190. The Kier molecular flexibility index (Phi) is 9.79. The van der Waals surface area contributed by atoms with E-state index < -0.39 is 82.2 Å². The number of hydrogen-bond acceptors (Lipinski definition) is 11. The number of esters is 3. The van der Waals surface area contributed by atoms with Gasteiger partial charge >= 0.3 is 17.9 Å². The number of rotatable bonds is 7. The first-order valence-corrected chi connectivity index (χ1v) is 20.1. The Morgan fingerprint density at radius 3 is 2.10 bits per heavy atom. The van der Waals surface area contributed by atoms with Crippen molar-refractivity contribution in [2.24, 2.45) is 33.6 Å². The van der Waals surface area contributed by atoms with Crippen LogP contribution in [0.25, 0.3) is 0 Å². The van der Waals surface area contributed by atoms with E-state index in [0.29, 0.717) is 29.0 Å². The zero-order valence-electron chi connectivity index (χ0n) is 34.0. The average Bonchev–Trinajstić information content (AvgIpc) is 3.66. The average molecular weight is 790 g/mol. The lowest BCUT2D eigenvalue weighted by molar-refractivity contribution is -0.339. The Morgan fingerprint density at radius 2 is 1.50 bits per heavy atom. The third kappa shape index (κ3) is 5.95. The lowest BCUT2D eigenvalue weighted by Crippen LogP contribution is -2.80. The monoisotopic (exact) mass is 789 g/mol. The molecule has 2 heterocycles. The van der Waals surface area contributed by atoms with Gasteiger partial charge in [-0.1, -0.05) is 101 Å². The highest BCUT2D eigenvalue weighted by Gasteiger charge is 2.77. The lowest BCUT2D eigenvalue weighted by Gasteiger charge is -2.68. The molecule has 3 aromatic rings. The molecule has 3 fully saturated rings. The third-order valence-corrected chi connectivity index (χ3v) is 14.1. The Balaban J connectivity index is 1.26. The highest BCUT2D eigenvalue weighted by Crippen LogP contribution is 2.66. The number of nitrogens with zero attached hydrogens (tertiary/aromatic N) is 1. The van der Waals surface area contributed by atoms with Gasteiger partial charge in [0.2, 0.25) is 12.0 Å². The second kappa shape index (κ2) is 14.3. The molecule has 2 aliphatic heterocycles. The first-order chi connectivity index (χ1) is 27.5. The van der Waals surface area contributed by atoms with Gasteiger partial charge in [0, 0.05) is 35.7 Å². The molecule has 11 atom stereocenters. The summed E-state index contributed by atoms with van der Waals surface area (Å²) in [6.45, 7) is 12.4. The molecule has 0 amide bonds. The number of Topliss-reactive ketones (excluding diaryl/α,β-unsaturated/α-hetero) is 1. The fourth-order valence-corrected chi connectivity index (χ4v) is 11.0. The molecular weight excluding hydrogens is 739 g/mol. The van der Waals surface area contributed by atoms with Crippen LogP contribution in [0.4, 0.5) is 0 Å². The summed E-state index contributed by atoms with van der Waals surface area (Å²) in [5.41, 5.74) is -2.95. The molecule has 1 N–H and O–H groups in total. The van der Waals surface area contributed by atoms with Crippen LogP contribution in [0.1, 0.15) is 88.8 Å². The van der Waals surface area contributed by atoms with Crippen LogP contribution in [-0.2, 0) is 38.1 Å². The summed E-state index contributed by atoms with van der Waals surface area (Å²) in [4.78, 5) is 62.2. The van der Waals surface area contributed by atoms with E-state index in [9.17, 15) is 19.5 Å². The first-order valence-electron chi connectivity index (χ1n) is 20.1.